The van der Waals surface area contributed by atoms with Crippen molar-refractivity contribution in [2.24, 2.45) is 0 Å². The lowest BCUT2D eigenvalue weighted by molar-refractivity contribution is -0.146. The second-order valence-corrected chi connectivity index (χ2v) is 7.07. The highest BCUT2D eigenvalue weighted by molar-refractivity contribution is 7.14. The molecular weight excluding hydrogens is 411 g/mol. The van der Waals surface area contributed by atoms with Crippen molar-refractivity contribution in [1.29, 1.82) is 0 Å². The van der Waals surface area contributed by atoms with Crippen molar-refractivity contribution in [3.8, 4) is 0 Å². The van der Waals surface area contributed by atoms with E-state index in [4.69, 9.17) is 4.74 Å². The number of hydrogen-bond acceptors (Lipinski definition) is 6. The number of esters is 1. The number of aromatic nitrogens is 1. The largest absolute Gasteiger partial charge is 0.455 e. The zero-order chi connectivity index (χ0) is 21.0. The van der Waals surface area contributed by atoms with Crippen molar-refractivity contribution < 1.29 is 32.3 Å². The van der Waals surface area contributed by atoms with Gasteiger partial charge in [-0.1, -0.05) is 6.07 Å². The lowest BCUT2D eigenvalue weighted by atomic mass is 10.2. The summed E-state index contributed by atoms with van der Waals surface area (Å²) in [6, 6.07) is 4.13. The molecule has 0 radical (unpaired) electrons. The molecule has 2 aromatic rings. The van der Waals surface area contributed by atoms with E-state index in [2.05, 4.69) is 10.3 Å². The van der Waals surface area contributed by atoms with Crippen molar-refractivity contribution in [2.75, 3.05) is 23.4 Å². The molecule has 1 aromatic heterocycles. The molecule has 11 heteroatoms. The summed E-state index contributed by atoms with van der Waals surface area (Å²) in [5, 5.41) is 4.39. The molecule has 0 aliphatic carbocycles. The third-order valence-corrected chi connectivity index (χ3v) is 4.92. The summed E-state index contributed by atoms with van der Waals surface area (Å²) in [6.07, 6.45) is -3.48. The first-order valence-electron chi connectivity index (χ1n) is 8.60. The normalized spacial score (nSPS) is 14.2. The van der Waals surface area contributed by atoms with Crippen LogP contribution in [0.15, 0.2) is 29.6 Å². The zero-order valence-electron chi connectivity index (χ0n) is 15.0. The monoisotopic (exact) mass is 427 g/mol. The fourth-order valence-electron chi connectivity index (χ4n) is 2.67. The van der Waals surface area contributed by atoms with Gasteiger partial charge in [0.15, 0.2) is 11.7 Å². The van der Waals surface area contributed by atoms with E-state index in [0.717, 1.165) is 24.6 Å². The molecule has 7 nitrogen and oxygen atoms in total. The van der Waals surface area contributed by atoms with Gasteiger partial charge >= 0.3 is 12.1 Å². The molecule has 1 aliphatic heterocycles. The van der Waals surface area contributed by atoms with Crippen LogP contribution in [0.1, 0.15) is 24.1 Å². The Labute approximate surface area is 167 Å². The molecule has 0 unspecified atom stereocenters. The van der Waals surface area contributed by atoms with Crippen LogP contribution in [0.5, 0.6) is 0 Å². The number of carbonyl (C=O) groups is 3. The zero-order valence-corrected chi connectivity index (χ0v) is 15.8. The number of halogens is 3. The molecule has 2 amide bonds. The van der Waals surface area contributed by atoms with E-state index in [9.17, 15) is 27.6 Å². The second-order valence-electron chi connectivity index (χ2n) is 6.23. The van der Waals surface area contributed by atoms with Gasteiger partial charge in [-0.05, 0) is 24.6 Å². The number of rotatable bonds is 6. The Hall–Kier alpha value is -2.95. The van der Waals surface area contributed by atoms with Gasteiger partial charge < -0.3 is 10.1 Å². The van der Waals surface area contributed by atoms with Crippen LogP contribution < -0.4 is 10.2 Å². The third-order valence-electron chi connectivity index (χ3n) is 4.01. The lowest BCUT2D eigenvalue weighted by Crippen LogP contribution is -2.23. The van der Waals surface area contributed by atoms with Gasteiger partial charge in [-0.25, -0.2) is 4.98 Å². The fraction of sp³-hybridized carbons (Fsp3) is 0.333. The van der Waals surface area contributed by atoms with Gasteiger partial charge in [0.1, 0.15) is 0 Å². The van der Waals surface area contributed by atoms with E-state index in [0.29, 0.717) is 23.8 Å². The molecular formula is C18H16F3N3O4S. The van der Waals surface area contributed by atoms with Crippen molar-refractivity contribution in [1.82, 2.24) is 4.98 Å². The number of thiazole rings is 1. The molecule has 1 fully saturated rings. The summed E-state index contributed by atoms with van der Waals surface area (Å²) in [7, 11) is 0. The van der Waals surface area contributed by atoms with E-state index in [1.165, 1.54) is 17.4 Å². The first-order valence-corrected chi connectivity index (χ1v) is 9.48. The molecule has 0 atom stereocenters. The minimum atomic E-state index is -4.53. The van der Waals surface area contributed by atoms with E-state index in [1.807, 2.05) is 0 Å². The van der Waals surface area contributed by atoms with Crippen LogP contribution in [0, 0.1) is 0 Å². The average Bonchev–Trinajstić information content (AvgIpc) is 3.28. The Morgan fingerprint density at radius 2 is 2.10 bits per heavy atom. The van der Waals surface area contributed by atoms with Gasteiger partial charge in [0.05, 0.1) is 17.7 Å². The van der Waals surface area contributed by atoms with Gasteiger partial charge in [0.25, 0.3) is 5.91 Å². The average molecular weight is 427 g/mol. The highest BCUT2D eigenvalue weighted by Gasteiger charge is 2.30. The maximum absolute atomic E-state index is 12.7. The molecule has 1 saturated heterocycles. The molecule has 0 spiro atoms. The van der Waals surface area contributed by atoms with Crippen molar-refractivity contribution in [3.05, 3.63) is 40.9 Å². The Bertz CT molecular complexity index is 929. The van der Waals surface area contributed by atoms with Crippen LogP contribution in [-0.2, 0) is 31.7 Å². The van der Waals surface area contributed by atoms with Gasteiger partial charge in [0, 0.05) is 24.0 Å². The molecule has 1 N–H and O–H groups in total. The Morgan fingerprint density at radius 3 is 2.79 bits per heavy atom. The van der Waals surface area contributed by atoms with Crippen LogP contribution in [-0.4, -0.2) is 35.9 Å². The van der Waals surface area contributed by atoms with Crippen molar-refractivity contribution in [2.45, 2.75) is 25.4 Å². The Morgan fingerprint density at radius 1 is 1.31 bits per heavy atom. The number of benzene rings is 1. The second kappa shape index (κ2) is 8.60. The lowest BCUT2D eigenvalue weighted by Gasteiger charge is -2.10. The van der Waals surface area contributed by atoms with Crippen LogP contribution in [0.25, 0.3) is 0 Å². The molecule has 154 valence electrons. The van der Waals surface area contributed by atoms with E-state index < -0.39 is 30.2 Å². The van der Waals surface area contributed by atoms with Gasteiger partial charge in [-0.3, -0.25) is 19.3 Å². The Balaban J connectivity index is 1.48. The standard InChI is InChI=1S/C18H16F3N3O4S/c19-18(20,21)11-3-1-4-12(7-11)22-14(25)9-28-16(27)8-13-10-29-17(23-13)24-6-2-5-15(24)26/h1,3-4,7,10H,2,5-6,8-9H2,(H,22,25). The number of nitrogens with one attached hydrogen (secondary N) is 1. The molecule has 1 aliphatic rings. The number of hydrogen-bond donors (Lipinski definition) is 1. The summed E-state index contributed by atoms with van der Waals surface area (Å²) in [5.74, 6) is -1.49. The van der Waals surface area contributed by atoms with Crippen LogP contribution in [0.4, 0.5) is 24.0 Å². The summed E-state index contributed by atoms with van der Waals surface area (Å²) in [4.78, 5) is 41.2. The summed E-state index contributed by atoms with van der Waals surface area (Å²) >= 11 is 1.24. The predicted octanol–water partition coefficient (Wildman–Crippen LogP) is 3.01. The first-order chi connectivity index (χ1) is 13.7. The SMILES string of the molecule is O=C(COC(=O)Cc1csc(N2CCCC2=O)n1)Nc1cccc(C(F)(F)F)c1. The molecule has 0 bridgehead atoms. The number of anilines is 2. The molecule has 1 aromatic carbocycles. The highest BCUT2D eigenvalue weighted by atomic mass is 32.1. The number of ether oxygens (including phenoxy) is 1. The minimum absolute atomic E-state index is 0.0141. The Kier molecular flexibility index (Phi) is 6.16. The number of nitrogens with zero attached hydrogens (tertiary/aromatic N) is 2. The quantitative estimate of drug-likeness (QED) is 0.716. The van der Waals surface area contributed by atoms with E-state index in [-0.39, 0.29) is 18.0 Å². The predicted molar refractivity (Wildman–Crippen MR) is 98.4 cm³/mol. The maximum atomic E-state index is 12.7. The van der Waals surface area contributed by atoms with Crippen LogP contribution in [0.3, 0.4) is 0 Å². The molecule has 3 rings (SSSR count). The molecule has 0 saturated carbocycles. The summed E-state index contributed by atoms with van der Waals surface area (Å²) in [6.45, 7) is -0.0529. The third kappa shape index (κ3) is 5.53. The van der Waals surface area contributed by atoms with Gasteiger partial charge in [-0.2, -0.15) is 13.2 Å². The van der Waals surface area contributed by atoms with Crippen molar-refractivity contribution in [3.63, 3.8) is 0 Å². The maximum Gasteiger partial charge on any atom is 0.416 e. The summed E-state index contributed by atoms with van der Waals surface area (Å²) < 4.78 is 42.9. The van der Waals surface area contributed by atoms with E-state index >= 15 is 0 Å². The number of alkyl halides is 3. The number of amides is 2. The molecule has 2 heterocycles. The first kappa shape index (κ1) is 20.8. The van der Waals surface area contributed by atoms with Crippen LogP contribution >= 0.6 is 11.3 Å². The highest BCUT2D eigenvalue weighted by Crippen LogP contribution is 2.30. The van der Waals surface area contributed by atoms with Crippen molar-refractivity contribution >= 4 is 39.9 Å². The smallest absolute Gasteiger partial charge is 0.416 e. The van der Waals surface area contributed by atoms with Crippen LogP contribution in [0.2, 0.25) is 0 Å². The topological polar surface area (TPSA) is 88.6 Å². The minimum Gasteiger partial charge on any atom is -0.455 e. The van der Waals surface area contributed by atoms with Gasteiger partial charge in [-0.15, -0.1) is 11.3 Å². The summed E-state index contributed by atoms with van der Waals surface area (Å²) in [5.41, 5.74) is -0.545. The van der Waals surface area contributed by atoms with Gasteiger partial charge in [0.2, 0.25) is 5.91 Å². The number of carbonyl (C=O) groups excluding carboxylic acids is 3. The van der Waals surface area contributed by atoms with E-state index in [1.54, 1.807) is 10.3 Å². The fourth-order valence-corrected chi connectivity index (χ4v) is 3.53. The molecule has 29 heavy (non-hydrogen) atoms.